The average Bonchev–Trinajstić information content (AvgIpc) is 2.16. The van der Waals surface area contributed by atoms with Gasteiger partial charge in [0, 0.05) is 24.7 Å². The van der Waals surface area contributed by atoms with Crippen LogP contribution in [0.15, 0.2) is 0 Å². The average molecular weight is 212 g/mol. The summed E-state index contributed by atoms with van der Waals surface area (Å²) in [6.45, 7) is 10.7. The molecule has 2 nitrogen and oxygen atoms in total. The molecular weight excluding hydrogens is 184 g/mol. The van der Waals surface area contributed by atoms with Crippen LogP contribution in [0.3, 0.4) is 0 Å². The lowest BCUT2D eigenvalue weighted by Gasteiger charge is -2.41. The molecule has 1 aliphatic rings. The zero-order chi connectivity index (χ0) is 11.4. The highest BCUT2D eigenvalue weighted by Crippen LogP contribution is 2.22. The van der Waals surface area contributed by atoms with Gasteiger partial charge in [0.2, 0.25) is 0 Å². The summed E-state index contributed by atoms with van der Waals surface area (Å²) in [4.78, 5) is 2.69. The van der Waals surface area contributed by atoms with Crippen molar-refractivity contribution in [1.82, 2.24) is 10.2 Å². The number of nitrogens with one attached hydrogen (secondary N) is 1. The first-order chi connectivity index (χ1) is 7.04. The predicted molar refractivity (Wildman–Crippen MR) is 67.2 cm³/mol. The molecule has 2 heteroatoms. The maximum Gasteiger partial charge on any atom is 0.00910 e. The molecule has 1 fully saturated rings. The molecule has 1 aliphatic heterocycles. The summed E-state index contributed by atoms with van der Waals surface area (Å²) >= 11 is 0. The van der Waals surface area contributed by atoms with Gasteiger partial charge >= 0.3 is 0 Å². The zero-order valence-corrected chi connectivity index (χ0v) is 11.1. The van der Waals surface area contributed by atoms with Crippen LogP contribution in [0.25, 0.3) is 0 Å². The minimum Gasteiger partial charge on any atom is -0.317 e. The van der Waals surface area contributed by atoms with E-state index in [1.807, 2.05) is 0 Å². The van der Waals surface area contributed by atoms with Crippen molar-refractivity contribution in [3.63, 3.8) is 0 Å². The summed E-state index contributed by atoms with van der Waals surface area (Å²) in [5, 5.41) is 3.41. The molecular formula is C13H28N2. The van der Waals surface area contributed by atoms with Crippen LogP contribution < -0.4 is 5.32 Å². The van der Waals surface area contributed by atoms with Crippen molar-refractivity contribution in [2.45, 2.75) is 65.1 Å². The van der Waals surface area contributed by atoms with E-state index in [1.54, 1.807) is 0 Å². The predicted octanol–water partition coefficient (Wildman–Crippen LogP) is 2.49. The van der Waals surface area contributed by atoms with E-state index >= 15 is 0 Å². The maximum atomic E-state index is 3.41. The number of piperidine rings is 1. The van der Waals surface area contributed by atoms with Crippen LogP contribution in [0.1, 0.15) is 47.0 Å². The van der Waals surface area contributed by atoms with Crippen LogP contribution >= 0.6 is 0 Å². The second-order valence-electron chi connectivity index (χ2n) is 5.58. The molecule has 0 radical (unpaired) electrons. The lowest BCUT2D eigenvalue weighted by molar-refractivity contribution is 0.0869. The Kier molecular flexibility index (Phi) is 5.07. The van der Waals surface area contributed by atoms with Crippen LogP contribution in [-0.2, 0) is 0 Å². The van der Waals surface area contributed by atoms with Crippen molar-refractivity contribution in [3.05, 3.63) is 0 Å². The van der Waals surface area contributed by atoms with Gasteiger partial charge in [0.25, 0.3) is 0 Å². The van der Waals surface area contributed by atoms with E-state index in [4.69, 9.17) is 0 Å². The quantitative estimate of drug-likeness (QED) is 0.770. The van der Waals surface area contributed by atoms with Gasteiger partial charge in [-0.25, -0.2) is 0 Å². The van der Waals surface area contributed by atoms with Crippen molar-refractivity contribution in [2.24, 2.45) is 5.92 Å². The highest BCUT2D eigenvalue weighted by atomic mass is 15.2. The molecule has 3 unspecified atom stereocenters. The molecule has 1 N–H and O–H groups in total. The third-order valence-electron chi connectivity index (χ3n) is 3.71. The molecule has 0 aromatic heterocycles. The summed E-state index contributed by atoms with van der Waals surface area (Å²) in [5.41, 5.74) is 0. The lowest BCUT2D eigenvalue weighted by Crippen LogP contribution is -2.50. The molecule has 0 saturated carbocycles. The fraction of sp³-hybridized carbons (Fsp3) is 1.00. The minimum atomic E-state index is 0.738. The Morgan fingerprint density at radius 1 is 1.33 bits per heavy atom. The van der Waals surface area contributed by atoms with Gasteiger partial charge in [-0.15, -0.1) is 0 Å². The molecule has 0 spiro atoms. The lowest BCUT2D eigenvalue weighted by atomic mass is 9.94. The molecule has 0 amide bonds. The van der Waals surface area contributed by atoms with Crippen LogP contribution in [0.4, 0.5) is 0 Å². The van der Waals surface area contributed by atoms with Crippen molar-refractivity contribution < 1.29 is 0 Å². The molecule has 3 atom stereocenters. The summed E-state index contributed by atoms with van der Waals surface area (Å²) in [6, 6.07) is 2.23. The summed E-state index contributed by atoms with van der Waals surface area (Å²) < 4.78 is 0. The van der Waals surface area contributed by atoms with Crippen molar-refractivity contribution in [3.8, 4) is 0 Å². The molecule has 15 heavy (non-hydrogen) atoms. The Morgan fingerprint density at radius 3 is 2.47 bits per heavy atom. The van der Waals surface area contributed by atoms with Gasteiger partial charge in [0.05, 0.1) is 0 Å². The van der Waals surface area contributed by atoms with E-state index in [-0.39, 0.29) is 0 Å². The first kappa shape index (κ1) is 13.0. The van der Waals surface area contributed by atoms with Gasteiger partial charge in [-0.1, -0.05) is 13.8 Å². The largest absolute Gasteiger partial charge is 0.317 e. The minimum absolute atomic E-state index is 0.738. The van der Waals surface area contributed by atoms with Crippen LogP contribution in [-0.4, -0.2) is 36.6 Å². The number of nitrogens with zero attached hydrogens (tertiary/aromatic N) is 1. The summed E-state index contributed by atoms with van der Waals surface area (Å²) in [6.07, 6.45) is 3.94. The Hall–Kier alpha value is -0.0800. The van der Waals surface area contributed by atoms with Crippen molar-refractivity contribution in [2.75, 3.05) is 13.6 Å². The molecule has 0 aromatic rings. The molecule has 1 heterocycles. The van der Waals surface area contributed by atoms with Gasteiger partial charge in [-0.05, 0) is 46.1 Å². The maximum absolute atomic E-state index is 3.41. The SMILES string of the molecule is CNC1CCN(C(C)CC(C)C)C(C)C1. The number of rotatable bonds is 4. The van der Waals surface area contributed by atoms with E-state index in [1.165, 1.54) is 25.8 Å². The molecule has 0 bridgehead atoms. The molecule has 0 aliphatic carbocycles. The number of hydrogen-bond donors (Lipinski definition) is 1. The second-order valence-corrected chi connectivity index (χ2v) is 5.58. The standard InChI is InChI=1S/C13H28N2/c1-10(2)8-11(3)15-7-6-13(14-5)9-12(15)4/h10-14H,6-9H2,1-5H3. The van der Waals surface area contributed by atoms with Gasteiger partial charge in [-0.2, -0.15) is 0 Å². The van der Waals surface area contributed by atoms with E-state index in [0.717, 1.165) is 24.0 Å². The summed E-state index contributed by atoms with van der Waals surface area (Å²) in [5.74, 6) is 0.814. The molecule has 1 saturated heterocycles. The Morgan fingerprint density at radius 2 is 2.00 bits per heavy atom. The van der Waals surface area contributed by atoms with Gasteiger partial charge < -0.3 is 5.32 Å². The monoisotopic (exact) mass is 212 g/mol. The first-order valence-electron chi connectivity index (χ1n) is 6.47. The van der Waals surface area contributed by atoms with Crippen LogP contribution in [0.2, 0.25) is 0 Å². The van der Waals surface area contributed by atoms with Gasteiger partial charge in [0.15, 0.2) is 0 Å². The van der Waals surface area contributed by atoms with E-state index in [2.05, 4.69) is 45.0 Å². The smallest absolute Gasteiger partial charge is 0.00910 e. The van der Waals surface area contributed by atoms with E-state index in [0.29, 0.717) is 0 Å². The third kappa shape index (κ3) is 3.76. The Labute approximate surface area is 95.4 Å². The Balaban J connectivity index is 2.42. The van der Waals surface area contributed by atoms with E-state index in [9.17, 15) is 0 Å². The van der Waals surface area contributed by atoms with Crippen LogP contribution in [0.5, 0.6) is 0 Å². The molecule has 1 rings (SSSR count). The zero-order valence-electron chi connectivity index (χ0n) is 11.1. The number of hydrogen-bond acceptors (Lipinski definition) is 2. The fourth-order valence-corrected chi connectivity index (χ4v) is 2.92. The third-order valence-corrected chi connectivity index (χ3v) is 3.71. The first-order valence-corrected chi connectivity index (χ1v) is 6.47. The van der Waals surface area contributed by atoms with Crippen LogP contribution in [0, 0.1) is 5.92 Å². The Bertz CT molecular complexity index is 179. The normalized spacial score (nSPS) is 30.8. The van der Waals surface area contributed by atoms with Gasteiger partial charge in [-0.3, -0.25) is 4.90 Å². The topological polar surface area (TPSA) is 15.3 Å². The number of likely N-dealkylation sites (tertiary alicyclic amines) is 1. The van der Waals surface area contributed by atoms with Crippen molar-refractivity contribution in [1.29, 1.82) is 0 Å². The van der Waals surface area contributed by atoms with Gasteiger partial charge in [0.1, 0.15) is 0 Å². The second kappa shape index (κ2) is 5.86. The molecule has 0 aromatic carbocycles. The molecule has 90 valence electrons. The summed E-state index contributed by atoms with van der Waals surface area (Å²) in [7, 11) is 2.09. The van der Waals surface area contributed by atoms with Crippen molar-refractivity contribution >= 4 is 0 Å². The fourth-order valence-electron chi connectivity index (χ4n) is 2.92. The highest BCUT2D eigenvalue weighted by molar-refractivity contribution is 4.85. The van der Waals surface area contributed by atoms with E-state index < -0.39 is 0 Å². The highest BCUT2D eigenvalue weighted by Gasteiger charge is 2.27.